The Hall–Kier alpha value is -5.10. The van der Waals surface area contributed by atoms with Gasteiger partial charge in [0.15, 0.2) is 0 Å². The van der Waals surface area contributed by atoms with Crippen LogP contribution < -0.4 is 9.47 Å². The van der Waals surface area contributed by atoms with Crippen LogP contribution in [0.15, 0.2) is 95.8 Å². The number of fused-ring (bicyclic) bond motifs is 1. The lowest BCUT2D eigenvalue weighted by Crippen LogP contribution is -2.02. The molecule has 5 aromatic rings. The van der Waals surface area contributed by atoms with Crippen molar-refractivity contribution >= 4 is 41.4 Å². The number of H-pyrrole nitrogens is 1. The number of rotatable bonds is 9. The monoisotopic (exact) mass is 540 g/mol. The lowest BCUT2D eigenvalue weighted by Gasteiger charge is -2.11. The Kier molecular flexibility index (Phi) is 7.63. The molecule has 41 heavy (non-hydrogen) atoms. The number of benzene rings is 3. The minimum Gasteiger partial charge on any atom is -0.496 e. The van der Waals surface area contributed by atoms with Gasteiger partial charge in [-0.1, -0.05) is 42.5 Å². The Morgan fingerprint density at radius 1 is 0.927 bits per heavy atom. The summed E-state index contributed by atoms with van der Waals surface area (Å²) in [5.74, 6) is 1.48. The molecule has 204 valence electrons. The molecule has 0 spiro atoms. The number of aliphatic imine (C=N–C) groups is 1. The zero-order valence-electron chi connectivity index (χ0n) is 23.2. The quantitative estimate of drug-likeness (QED) is 0.205. The number of aryl methyl sites for hydroxylation is 1. The van der Waals surface area contributed by atoms with Gasteiger partial charge in [-0.3, -0.25) is 4.99 Å². The first-order valence-electron chi connectivity index (χ1n) is 13.8. The Morgan fingerprint density at radius 3 is 2.71 bits per heavy atom. The van der Waals surface area contributed by atoms with Crippen LogP contribution in [0.4, 0.5) is 0 Å². The van der Waals surface area contributed by atoms with E-state index in [2.05, 4.69) is 77.6 Å². The third-order valence-electron chi connectivity index (χ3n) is 7.08. The second-order valence-electron chi connectivity index (χ2n) is 9.96. The van der Waals surface area contributed by atoms with Crippen LogP contribution in [0.5, 0.6) is 11.5 Å². The van der Waals surface area contributed by atoms with Crippen LogP contribution in [-0.2, 0) is 0 Å². The van der Waals surface area contributed by atoms with E-state index in [1.54, 1.807) is 7.11 Å². The highest BCUT2D eigenvalue weighted by Gasteiger charge is 2.10. The van der Waals surface area contributed by atoms with E-state index in [4.69, 9.17) is 14.6 Å². The number of nitrogens with one attached hydrogen (secondary N) is 1. The van der Waals surface area contributed by atoms with Crippen molar-refractivity contribution < 1.29 is 9.47 Å². The van der Waals surface area contributed by atoms with Crippen LogP contribution in [0.1, 0.15) is 40.9 Å². The maximum Gasteiger partial charge on any atom is 0.130 e. The van der Waals surface area contributed by atoms with Gasteiger partial charge < -0.3 is 14.5 Å². The van der Waals surface area contributed by atoms with E-state index in [0.717, 1.165) is 69.3 Å². The normalized spacial score (nSPS) is 13.4. The molecule has 3 aromatic carbocycles. The number of hydrogen-bond donors (Lipinski definition) is 1. The maximum atomic E-state index is 5.96. The number of hydrogen-bond acceptors (Lipinski definition) is 4. The summed E-state index contributed by atoms with van der Waals surface area (Å²) in [6.07, 6.45) is 16.3. The average molecular weight is 541 g/mol. The number of allylic oxidation sites excluding steroid dienone is 1. The van der Waals surface area contributed by atoms with Crippen LogP contribution in [0.2, 0.25) is 0 Å². The number of ether oxygens (including phenoxy) is 2. The van der Waals surface area contributed by atoms with Crippen molar-refractivity contribution in [2.75, 3.05) is 13.7 Å². The number of aromatic amines is 1. The molecule has 0 bridgehead atoms. The molecular formula is C35H32N4O2. The fourth-order valence-corrected chi connectivity index (χ4v) is 4.87. The molecule has 3 heterocycles. The Labute approximate surface area is 240 Å². The highest BCUT2D eigenvalue weighted by atomic mass is 16.5. The van der Waals surface area contributed by atoms with E-state index in [1.165, 1.54) is 5.39 Å². The number of para-hydroxylation sites is 1. The highest BCUT2D eigenvalue weighted by molar-refractivity contribution is 5.83. The highest BCUT2D eigenvalue weighted by Crippen LogP contribution is 2.28. The van der Waals surface area contributed by atoms with Crippen molar-refractivity contribution in [2.45, 2.75) is 19.8 Å². The van der Waals surface area contributed by atoms with Crippen LogP contribution >= 0.6 is 0 Å². The number of aromatic nitrogens is 3. The summed E-state index contributed by atoms with van der Waals surface area (Å²) in [5, 5.41) is 6.15. The summed E-state index contributed by atoms with van der Waals surface area (Å²) >= 11 is 0. The molecule has 0 atom stereocenters. The molecule has 0 saturated carbocycles. The molecule has 0 amide bonds. The third-order valence-corrected chi connectivity index (χ3v) is 7.08. The van der Waals surface area contributed by atoms with E-state index in [0.29, 0.717) is 6.61 Å². The minimum atomic E-state index is 0.445. The molecule has 0 saturated heterocycles. The van der Waals surface area contributed by atoms with Crippen molar-refractivity contribution in [1.82, 2.24) is 14.8 Å². The molecule has 0 aliphatic carbocycles. The van der Waals surface area contributed by atoms with Gasteiger partial charge >= 0.3 is 0 Å². The van der Waals surface area contributed by atoms with Crippen LogP contribution in [0.25, 0.3) is 40.9 Å². The van der Waals surface area contributed by atoms with Crippen molar-refractivity contribution in [1.29, 1.82) is 0 Å². The standard InChI is InChI=1S/C35H32N4O2/c1-25-7-3-4-9-34(25)39-31(16-11-26-10-12-27-18-20-37-33(27)21-26)22-29(38-39)15-13-28-14-17-32(23-35(28)40-2)41-24-30-8-5-6-19-36-30/h3-4,7-23,37H,5-6,24H2,1-2H3/b15-13+,16-11+. The molecule has 6 rings (SSSR count). The lowest BCUT2D eigenvalue weighted by atomic mass is 10.1. The first-order valence-corrected chi connectivity index (χ1v) is 13.8. The lowest BCUT2D eigenvalue weighted by molar-refractivity contribution is 0.345. The van der Waals surface area contributed by atoms with E-state index in [1.807, 2.05) is 59.6 Å². The predicted octanol–water partition coefficient (Wildman–Crippen LogP) is 8.14. The number of nitrogens with zero attached hydrogens (tertiary/aromatic N) is 3. The summed E-state index contributed by atoms with van der Waals surface area (Å²) in [6, 6.07) is 24.7. The third kappa shape index (κ3) is 6.07. The van der Waals surface area contributed by atoms with E-state index >= 15 is 0 Å². The van der Waals surface area contributed by atoms with E-state index in [-0.39, 0.29) is 0 Å². The van der Waals surface area contributed by atoms with Crippen LogP contribution in [0.3, 0.4) is 0 Å². The predicted molar refractivity (Wildman–Crippen MR) is 169 cm³/mol. The average Bonchev–Trinajstić information content (AvgIpc) is 3.65. The van der Waals surface area contributed by atoms with Crippen molar-refractivity contribution in [3.8, 4) is 17.2 Å². The summed E-state index contributed by atoms with van der Waals surface area (Å²) in [5.41, 5.74) is 8.16. The first-order chi connectivity index (χ1) is 20.2. The topological polar surface area (TPSA) is 64.4 Å². The van der Waals surface area contributed by atoms with Gasteiger partial charge in [-0.15, -0.1) is 0 Å². The second kappa shape index (κ2) is 12.0. The fraction of sp³-hybridized carbons (Fsp3) is 0.143. The van der Waals surface area contributed by atoms with Gasteiger partial charge in [0, 0.05) is 29.6 Å². The van der Waals surface area contributed by atoms with Gasteiger partial charge in [0.25, 0.3) is 0 Å². The zero-order valence-corrected chi connectivity index (χ0v) is 23.2. The van der Waals surface area contributed by atoms with Crippen molar-refractivity contribution in [3.05, 3.63) is 119 Å². The smallest absolute Gasteiger partial charge is 0.130 e. The Balaban J connectivity index is 1.26. The van der Waals surface area contributed by atoms with Crippen LogP contribution in [-0.4, -0.2) is 34.7 Å². The van der Waals surface area contributed by atoms with Crippen LogP contribution in [0, 0.1) is 6.92 Å². The first kappa shape index (κ1) is 26.1. The fourth-order valence-electron chi connectivity index (χ4n) is 4.87. The van der Waals surface area contributed by atoms with Gasteiger partial charge in [-0.05, 0) is 90.9 Å². The Morgan fingerprint density at radius 2 is 1.85 bits per heavy atom. The maximum absolute atomic E-state index is 5.96. The summed E-state index contributed by atoms with van der Waals surface area (Å²) in [4.78, 5) is 7.68. The number of methoxy groups -OCH3 is 1. The molecule has 6 heteroatoms. The zero-order chi connectivity index (χ0) is 28.0. The molecular weight excluding hydrogens is 508 g/mol. The minimum absolute atomic E-state index is 0.445. The summed E-state index contributed by atoms with van der Waals surface area (Å²) in [6.45, 7) is 2.55. The van der Waals surface area contributed by atoms with Gasteiger partial charge in [0.1, 0.15) is 18.1 Å². The molecule has 1 aliphatic rings. The van der Waals surface area contributed by atoms with Gasteiger partial charge in [-0.25, -0.2) is 4.68 Å². The molecule has 2 aromatic heterocycles. The molecule has 0 fully saturated rings. The van der Waals surface area contributed by atoms with E-state index in [9.17, 15) is 0 Å². The second-order valence-corrected chi connectivity index (χ2v) is 9.96. The van der Waals surface area contributed by atoms with Gasteiger partial charge in [-0.2, -0.15) is 5.10 Å². The summed E-state index contributed by atoms with van der Waals surface area (Å²) in [7, 11) is 1.67. The summed E-state index contributed by atoms with van der Waals surface area (Å²) < 4.78 is 13.6. The molecule has 0 unspecified atom stereocenters. The van der Waals surface area contributed by atoms with Gasteiger partial charge in [0.2, 0.25) is 0 Å². The van der Waals surface area contributed by atoms with E-state index < -0.39 is 0 Å². The molecule has 1 N–H and O–H groups in total. The molecule has 6 nitrogen and oxygen atoms in total. The van der Waals surface area contributed by atoms with Gasteiger partial charge in [0.05, 0.1) is 29.9 Å². The largest absolute Gasteiger partial charge is 0.496 e. The molecule has 0 radical (unpaired) electrons. The van der Waals surface area contributed by atoms with Crippen molar-refractivity contribution in [3.63, 3.8) is 0 Å². The van der Waals surface area contributed by atoms with Crippen molar-refractivity contribution in [2.24, 2.45) is 4.99 Å². The Bertz CT molecular complexity index is 1800. The molecule has 1 aliphatic heterocycles. The SMILES string of the molecule is COc1cc(OCC2=CCCC=N2)ccc1/C=C/c1cc(/C=C/c2ccc3cc[nH]c3c2)n(-c2ccccc2C)n1.